The van der Waals surface area contributed by atoms with Gasteiger partial charge in [0.05, 0.1) is 23.6 Å². The van der Waals surface area contributed by atoms with E-state index in [2.05, 4.69) is 15.4 Å². The number of pyridine rings is 1. The Morgan fingerprint density at radius 3 is 3.00 bits per heavy atom. The molecule has 0 atom stereocenters. The van der Waals surface area contributed by atoms with E-state index in [1.54, 1.807) is 17.1 Å². The molecule has 2 aromatic rings. The molecule has 0 aliphatic rings. The van der Waals surface area contributed by atoms with Gasteiger partial charge in [0.2, 0.25) is 0 Å². The summed E-state index contributed by atoms with van der Waals surface area (Å²) in [6, 6.07) is 1.45. The first-order valence-electron chi connectivity index (χ1n) is 5.17. The zero-order valence-corrected chi connectivity index (χ0v) is 9.29. The molecule has 0 fully saturated rings. The maximum atomic E-state index is 11.8. The Morgan fingerprint density at radius 1 is 1.53 bits per heavy atom. The Hall–Kier alpha value is -2.37. The molecule has 6 nitrogen and oxygen atoms in total. The van der Waals surface area contributed by atoms with Crippen molar-refractivity contribution in [3.63, 3.8) is 0 Å². The molecular formula is C11H12N4O2. The van der Waals surface area contributed by atoms with Crippen LogP contribution < -0.4 is 5.32 Å². The lowest BCUT2D eigenvalue weighted by Gasteiger charge is -2.03. The third-order valence-corrected chi connectivity index (χ3v) is 2.26. The fourth-order valence-electron chi connectivity index (χ4n) is 1.38. The highest BCUT2D eigenvalue weighted by molar-refractivity contribution is 6.05. The van der Waals surface area contributed by atoms with E-state index in [1.807, 2.05) is 6.92 Å². The third kappa shape index (κ3) is 2.41. The van der Waals surface area contributed by atoms with E-state index in [0.29, 0.717) is 5.69 Å². The van der Waals surface area contributed by atoms with Gasteiger partial charge in [-0.3, -0.25) is 14.5 Å². The van der Waals surface area contributed by atoms with Gasteiger partial charge in [-0.2, -0.15) is 5.10 Å². The molecule has 2 heterocycles. The van der Waals surface area contributed by atoms with Gasteiger partial charge >= 0.3 is 0 Å². The number of nitrogens with one attached hydrogen (secondary N) is 1. The molecule has 88 valence electrons. The van der Waals surface area contributed by atoms with Crippen molar-refractivity contribution in [1.29, 1.82) is 0 Å². The van der Waals surface area contributed by atoms with E-state index < -0.39 is 0 Å². The second-order valence-corrected chi connectivity index (χ2v) is 3.43. The molecule has 0 aliphatic heterocycles. The number of carbonyl (C=O) groups excluding carboxylic acids is 1. The lowest BCUT2D eigenvalue weighted by molar-refractivity contribution is 0.102. The molecule has 0 radical (unpaired) electrons. The highest BCUT2D eigenvalue weighted by Gasteiger charge is 2.11. The van der Waals surface area contributed by atoms with Crippen molar-refractivity contribution in [3.05, 3.63) is 36.4 Å². The monoisotopic (exact) mass is 232 g/mol. The number of aromatic hydroxyl groups is 1. The standard InChI is InChI=1S/C11H12N4O2/c1-2-15-7-8(5-13-15)14-11(17)9-3-4-12-6-10(9)16/h3-7,16H,2H2,1H3,(H,14,17). The van der Waals surface area contributed by atoms with E-state index in [1.165, 1.54) is 18.5 Å². The van der Waals surface area contributed by atoms with E-state index in [9.17, 15) is 9.90 Å². The summed E-state index contributed by atoms with van der Waals surface area (Å²) >= 11 is 0. The molecule has 0 spiro atoms. The summed E-state index contributed by atoms with van der Waals surface area (Å²) < 4.78 is 1.70. The van der Waals surface area contributed by atoms with Crippen molar-refractivity contribution in [2.24, 2.45) is 0 Å². The number of amides is 1. The minimum atomic E-state index is -0.388. The van der Waals surface area contributed by atoms with Crippen LogP contribution >= 0.6 is 0 Å². The summed E-state index contributed by atoms with van der Waals surface area (Å²) in [7, 11) is 0. The normalized spacial score (nSPS) is 10.2. The fourth-order valence-corrected chi connectivity index (χ4v) is 1.38. The fraction of sp³-hybridized carbons (Fsp3) is 0.182. The van der Waals surface area contributed by atoms with E-state index >= 15 is 0 Å². The van der Waals surface area contributed by atoms with Gasteiger partial charge in [0.15, 0.2) is 0 Å². The number of hydrogen-bond donors (Lipinski definition) is 2. The Morgan fingerprint density at radius 2 is 2.35 bits per heavy atom. The minimum absolute atomic E-state index is 0.145. The van der Waals surface area contributed by atoms with Crippen molar-refractivity contribution in [3.8, 4) is 5.75 Å². The Labute approximate surface area is 97.9 Å². The second-order valence-electron chi connectivity index (χ2n) is 3.43. The van der Waals surface area contributed by atoms with E-state index in [4.69, 9.17) is 0 Å². The lowest BCUT2D eigenvalue weighted by Crippen LogP contribution is -2.11. The van der Waals surface area contributed by atoms with Gasteiger partial charge in [-0.05, 0) is 13.0 Å². The summed E-state index contributed by atoms with van der Waals surface area (Å²) in [5, 5.41) is 16.1. The average Bonchev–Trinajstić information content (AvgIpc) is 2.77. The van der Waals surface area contributed by atoms with Crippen LogP contribution in [0.4, 0.5) is 5.69 Å². The highest BCUT2D eigenvalue weighted by Crippen LogP contribution is 2.16. The molecule has 1 amide bonds. The van der Waals surface area contributed by atoms with Crippen molar-refractivity contribution in [2.45, 2.75) is 13.5 Å². The minimum Gasteiger partial charge on any atom is -0.505 e. The summed E-state index contributed by atoms with van der Waals surface area (Å²) in [6.07, 6.45) is 5.95. The first kappa shape index (κ1) is 11.1. The number of aryl methyl sites for hydroxylation is 1. The Balaban J connectivity index is 2.14. The molecule has 6 heteroatoms. The molecule has 2 rings (SSSR count). The van der Waals surface area contributed by atoms with Crippen LogP contribution in [0, 0.1) is 0 Å². The Bertz CT molecular complexity index is 536. The van der Waals surface area contributed by atoms with Gasteiger partial charge in [0.25, 0.3) is 5.91 Å². The molecule has 0 aliphatic carbocycles. The Kier molecular flexibility index (Phi) is 3.04. The quantitative estimate of drug-likeness (QED) is 0.834. The van der Waals surface area contributed by atoms with Crippen molar-refractivity contribution in [2.75, 3.05) is 5.32 Å². The van der Waals surface area contributed by atoms with Crippen LogP contribution in [0.5, 0.6) is 5.75 Å². The topological polar surface area (TPSA) is 80.0 Å². The number of hydrogen-bond acceptors (Lipinski definition) is 4. The van der Waals surface area contributed by atoms with Crippen LogP contribution in [0.25, 0.3) is 0 Å². The van der Waals surface area contributed by atoms with Crippen LogP contribution in [0.2, 0.25) is 0 Å². The number of nitrogens with zero attached hydrogens (tertiary/aromatic N) is 3. The molecule has 2 N–H and O–H groups in total. The van der Waals surface area contributed by atoms with Gasteiger partial charge in [0, 0.05) is 18.9 Å². The first-order valence-corrected chi connectivity index (χ1v) is 5.17. The summed E-state index contributed by atoms with van der Waals surface area (Å²) in [4.78, 5) is 15.5. The molecule has 0 saturated heterocycles. The van der Waals surface area contributed by atoms with Crippen LogP contribution in [-0.2, 0) is 6.54 Å². The van der Waals surface area contributed by atoms with Crippen molar-refractivity contribution < 1.29 is 9.90 Å². The number of rotatable bonds is 3. The smallest absolute Gasteiger partial charge is 0.259 e. The maximum absolute atomic E-state index is 11.8. The van der Waals surface area contributed by atoms with Crippen LogP contribution in [0.15, 0.2) is 30.9 Å². The summed E-state index contributed by atoms with van der Waals surface area (Å²) in [5.41, 5.74) is 0.775. The summed E-state index contributed by atoms with van der Waals surface area (Å²) in [6.45, 7) is 2.68. The molecule has 0 bridgehead atoms. The molecule has 0 aromatic carbocycles. The summed E-state index contributed by atoms with van der Waals surface area (Å²) in [5.74, 6) is -0.534. The second kappa shape index (κ2) is 4.65. The molecular weight excluding hydrogens is 220 g/mol. The number of carbonyl (C=O) groups is 1. The largest absolute Gasteiger partial charge is 0.505 e. The van der Waals surface area contributed by atoms with Crippen LogP contribution in [0.1, 0.15) is 17.3 Å². The van der Waals surface area contributed by atoms with Crippen LogP contribution in [-0.4, -0.2) is 25.8 Å². The van der Waals surface area contributed by atoms with Crippen molar-refractivity contribution >= 4 is 11.6 Å². The highest BCUT2D eigenvalue weighted by atomic mass is 16.3. The van der Waals surface area contributed by atoms with E-state index in [0.717, 1.165) is 6.54 Å². The average molecular weight is 232 g/mol. The zero-order valence-electron chi connectivity index (χ0n) is 9.29. The van der Waals surface area contributed by atoms with Gasteiger partial charge in [0.1, 0.15) is 5.75 Å². The molecule has 2 aromatic heterocycles. The third-order valence-electron chi connectivity index (χ3n) is 2.26. The SMILES string of the molecule is CCn1cc(NC(=O)c2ccncc2O)cn1. The predicted molar refractivity (Wildman–Crippen MR) is 61.8 cm³/mol. The first-order chi connectivity index (χ1) is 8.20. The maximum Gasteiger partial charge on any atom is 0.259 e. The predicted octanol–water partition coefficient (Wildman–Crippen LogP) is 1.26. The van der Waals surface area contributed by atoms with Gasteiger partial charge in [-0.25, -0.2) is 0 Å². The van der Waals surface area contributed by atoms with Crippen LogP contribution in [0.3, 0.4) is 0 Å². The number of aromatic nitrogens is 3. The molecule has 0 unspecified atom stereocenters. The van der Waals surface area contributed by atoms with Gasteiger partial charge in [-0.1, -0.05) is 0 Å². The van der Waals surface area contributed by atoms with E-state index in [-0.39, 0.29) is 17.2 Å². The van der Waals surface area contributed by atoms with Crippen molar-refractivity contribution in [1.82, 2.24) is 14.8 Å². The zero-order chi connectivity index (χ0) is 12.3. The van der Waals surface area contributed by atoms with Gasteiger partial charge in [-0.15, -0.1) is 0 Å². The lowest BCUT2D eigenvalue weighted by atomic mass is 10.2. The molecule has 17 heavy (non-hydrogen) atoms. The molecule has 0 saturated carbocycles. The van der Waals surface area contributed by atoms with Gasteiger partial charge < -0.3 is 10.4 Å². The number of anilines is 1.